The number of ether oxygens (including phenoxy) is 1. The van der Waals surface area contributed by atoms with E-state index in [-0.39, 0.29) is 18.3 Å². The molecule has 0 fully saturated rings. The Hall–Kier alpha value is -4.12. The van der Waals surface area contributed by atoms with E-state index in [2.05, 4.69) is 5.32 Å². The van der Waals surface area contributed by atoms with E-state index < -0.39 is 0 Å². The fourth-order valence-corrected chi connectivity index (χ4v) is 3.81. The molecule has 0 unspecified atom stereocenters. The van der Waals surface area contributed by atoms with Crippen LogP contribution in [0, 0.1) is 13.8 Å². The topological polar surface area (TPSA) is 68.5 Å². The number of anilines is 1. The van der Waals surface area contributed by atoms with Gasteiger partial charge in [-0.05, 0) is 61.7 Å². The zero-order valence-electron chi connectivity index (χ0n) is 19.6. The number of esters is 1. The minimum absolute atomic E-state index is 0.136. The third-order valence-corrected chi connectivity index (χ3v) is 5.70. The Morgan fingerprint density at radius 3 is 2.56 bits per heavy atom. The summed E-state index contributed by atoms with van der Waals surface area (Å²) in [5, 5.41) is 3.86. The van der Waals surface area contributed by atoms with Crippen LogP contribution in [0.15, 0.2) is 71.3 Å². The first kappa shape index (κ1) is 23.1. The van der Waals surface area contributed by atoms with E-state index in [1.54, 1.807) is 13.2 Å². The molecule has 0 atom stereocenters. The van der Waals surface area contributed by atoms with Crippen LogP contribution in [0.4, 0.5) is 5.69 Å². The molecule has 0 saturated carbocycles. The largest absolute Gasteiger partial charge is 0.466 e. The van der Waals surface area contributed by atoms with Crippen LogP contribution in [0.3, 0.4) is 0 Å². The number of aryl methyl sites for hydroxylation is 1. The van der Waals surface area contributed by atoms with Crippen molar-refractivity contribution in [3.8, 4) is 0 Å². The molecule has 1 N–H and O–H groups in total. The average molecular weight is 454 g/mol. The van der Waals surface area contributed by atoms with Crippen molar-refractivity contribution in [2.24, 2.45) is 0 Å². The second-order valence-corrected chi connectivity index (χ2v) is 8.17. The number of amides is 1. The lowest BCUT2D eigenvalue weighted by atomic mass is 10.00. The monoisotopic (exact) mass is 453 g/mol. The lowest BCUT2D eigenvalue weighted by molar-refractivity contribution is -0.142. The summed E-state index contributed by atoms with van der Waals surface area (Å²) < 4.78 is 10.7. The number of furan rings is 1. The van der Waals surface area contributed by atoms with Crippen LogP contribution < -0.4 is 5.32 Å². The summed E-state index contributed by atoms with van der Waals surface area (Å²) in [6.45, 7) is 6.11. The Balaban J connectivity index is 1.51. The number of carbonyl (C=O) groups excluding carboxylic acids is 2. The highest BCUT2D eigenvalue weighted by Crippen LogP contribution is 2.25. The number of hydrogen-bond acceptors (Lipinski definition) is 4. The van der Waals surface area contributed by atoms with Gasteiger partial charge in [0.15, 0.2) is 0 Å². The smallest absolute Gasteiger partial charge is 0.310 e. The number of benzene rings is 3. The Labute approximate surface area is 199 Å². The molecule has 34 heavy (non-hydrogen) atoms. The molecule has 0 aliphatic carbocycles. The van der Waals surface area contributed by atoms with Crippen molar-refractivity contribution in [3.05, 3.63) is 100 Å². The lowest BCUT2D eigenvalue weighted by Crippen LogP contribution is -2.13. The second-order valence-electron chi connectivity index (χ2n) is 8.17. The van der Waals surface area contributed by atoms with Crippen LogP contribution in [0.1, 0.15) is 45.1 Å². The van der Waals surface area contributed by atoms with Gasteiger partial charge in [-0.2, -0.15) is 0 Å². The molecule has 4 rings (SSSR count). The van der Waals surface area contributed by atoms with Gasteiger partial charge in [-0.3, -0.25) is 9.59 Å². The molecule has 172 valence electrons. The summed E-state index contributed by atoms with van der Waals surface area (Å²) in [4.78, 5) is 24.6. The maximum absolute atomic E-state index is 12.8. The third kappa shape index (κ3) is 5.26. The van der Waals surface area contributed by atoms with Crippen molar-refractivity contribution in [2.75, 3.05) is 11.9 Å². The Morgan fingerprint density at radius 1 is 1.00 bits per heavy atom. The van der Waals surface area contributed by atoms with Gasteiger partial charge in [0.2, 0.25) is 0 Å². The fraction of sp³-hybridized carbons (Fsp3) is 0.172. The highest BCUT2D eigenvalue weighted by molar-refractivity contribution is 6.06. The molecule has 0 bridgehead atoms. The van der Waals surface area contributed by atoms with Gasteiger partial charge in [0.1, 0.15) is 5.58 Å². The van der Waals surface area contributed by atoms with E-state index in [4.69, 9.17) is 9.15 Å². The SMILES string of the molecule is CCOC(=O)Cc1coc2cc(/C=C/c3cccc(C(=O)Nc4ccc(C)cc4)c3C)ccc12. The number of hydrogen-bond donors (Lipinski definition) is 1. The first-order valence-electron chi connectivity index (χ1n) is 11.3. The van der Waals surface area contributed by atoms with Crippen LogP contribution in [0.2, 0.25) is 0 Å². The van der Waals surface area contributed by atoms with Gasteiger partial charge in [0, 0.05) is 22.2 Å². The zero-order valence-corrected chi connectivity index (χ0v) is 19.6. The standard InChI is InChI=1S/C29H27NO4/c1-4-33-28(31)17-23-18-34-27-16-21(11-15-26(23)27)10-12-22-6-5-7-25(20(22)3)29(32)30-24-13-8-19(2)9-14-24/h5-16,18H,4,17H2,1-3H3,(H,30,32)/b12-10+. The quantitative estimate of drug-likeness (QED) is 0.254. The van der Waals surface area contributed by atoms with Crippen molar-refractivity contribution in [1.29, 1.82) is 0 Å². The van der Waals surface area contributed by atoms with E-state index in [1.165, 1.54) is 0 Å². The van der Waals surface area contributed by atoms with Crippen LogP contribution in [0.5, 0.6) is 0 Å². The van der Waals surface area contributed by atoms with Crippen molar-refractivity contribution < 1.29 is 18.7 Å². The first-order valence-corrected chi connectivity index (χ1v) is 11.3. The summed E-state index contributed by atoms with van der Waals surface area (Å²) in [6.07, 6.45) is 5.76. The second kappa shape index (κ2) is 10.2. The highest BCUT2D eigenvalue weighted by Gasteiger charge is 2.12. The summed E-state index contributed by atoms with van der Waals surface area (Å²) in [5.74, 6) is -0.404. The van der Waals surface area contributed by atoms with E-state index in [9.17, 15) is 9.59 Å². The molecule has 0 radical (unpaired) electrons. The van der Waals surface area contributed by atoms with Crippen molar-refractivity contribution in [2.45, 2.75) is 27.2 Å². The molecular formula is C29H27NO4. The molecule has 0 aliphatic heterocycles. The summed E-state index contributed by atoms with van der Waals surface area (Å²) in [6, 6.07) is 19.3. The molecule has 4 aromatic rings. The minimum atomic E-state index is -0.268. The Morgan fingerprint density at radius 2 is 1.79 bits per heavy atom. The van der Waals surface area contributed by atoms with Gasteiger partial charge in [0.25, 0.3) is 5.91 Å². The number of nitrogens with one attached hydrogen (secondary N) is 1. The van der Waals surface area contributed by atoms with Gasteiger partial charge >= 0.3 is 5.97 Å². The lowest BCUT2D eigenvalue weighted by Gasteiger charge is -2.10. The molecule has 1 aromatic heterocycles. The minimum Gasteiger partial charge on any atom is -0.466 e. The third-order valence-electron chi connectivity index (χ3n) is 5.70. The van der Waals surface area contributed by atoms with E-state index >= 15 is 0 Å². The van der Waals surface area contributed by atoms with Crippen LogP contribution in [-0.4, -0.2) is 18.5 Å². The molecule has 1 amide bonds. The van der Waals surface area contributed by atoms with Crippen molar-refractivity contribution in [1.82, 2.24) is 0 Å². The van der Waals surface area contributed by atoms with Gasteiger partial charge in [0.05, 0.1) is 19.3 Å². The molecule has 0 spiro atoms. The predicted octanol–water partition coefficient (Wildman–Crippen LogP) is 6.58. The van der Waals surface area contributed by atoms with Crippen molar-refractivity contribution in [3.63, 3.8) is 0 Å². The molecular weight excluding hydrogens is 426 g/mol. The molecule has 5 nitrogen and oxygen atoms in total. The highest BCUT2D eigenvalue weighted by atomic mass is 16.5. The number of fused-ring (bicyclic) bond motifs is 1. The zero-order chi connectivity index (χ0) is 24.1. The fourth-order valence-electron chi connectivity index (χ4n) is 3.81. The first-order chi connectivity index (χ1) is 16.4. The van der Waals surface area contributed by atoms with Crippen LogP contribution >= 0.6 is 0 Å². The van der Waals surface area contributed by atoms with Crippen LogP contribution in [-0.2, 0) is 16.0 Å². The van der Waals surface area contributed by atoms with Gasteiger partial charge in [-0.1, -0.05) is 54.1 Å². The summed E-state index contributed by atoms with van der Waals surface area (Å²) in [5.41, 5.74) is 6.88. The van der Waals surface area contributed by atoms with Gasteiger partial charge in [-0.15, -0.1) is 0 Å². The average Bonchev–Trinajstić information content (AvgIpc) is 3.21. The number of rotatable bonds is 7. The van der Waals surface area contributed by atoms with E-state index in [0.717, 1.165) is 38.9 Å². The molecule has 5 heteroatoms. The molecule has 0 aliphatic rings. The Bertz CT molecular complexity index is 1360. The van der Waals surface area contributed by atoms with Crippen LogP contribution in [0.25, 0.3) is 23.1 Å². The predicted molar refractivity (Wildman–Crippen MR) is 136 cm³/mol. The molecule has 1 heterocycles. The van der Waals surface area contributed by atoms with E-state index in [0.29, 0.717) is 17.8 Å². The van der Waals surface area contributed by atoms with Gasteiger partial charge < -0.3 is 14.5 Å². The Kier molecular flexibility index (Phi) is 6.93. The van der Waals surface area contributed by atoms with Gasteiger partial charge in [-0.25, -0.2) is 0 Å². The van der Waals surface area contributed by atoms with E-state index in [1.807, 2.05) is 86.7 Å². The maximum Gasteiger partial charge on any atom is 0.310 e. The maximum atomic E-state index is 12.8. The summed E-state index contributed by atoms with van der Waals surface area (Å²) >= 11 is 0. The summed E-state index contributed by atoms with van der Waals surface area (Å²) in [7, 11) is 0. The normalized spacial score (nSPS) is 11.1. The molecule has 3 aromatic carbocycles. The number of carbonyl (C=O) groups is 2. The van der Waals surface area contributed by atoms with Crippen molar-refractivity contribution >= 4 is 40.7 Å². The molecule has 0 saturated heterocycles.